The summed E-state index contributed by atoms with van der Waals surface area (Å²) in [5.74, 6) is -0.265. The summed E-state index contributed by atoms with van der Waals surface area (Å²) in [4.78, 5) is 14.1. The van der Waals surface area contributed by atoms with Gasteiger partial charge in [0.2, 0.25) is 0 Å². The van der Waals surface area contributed by atoms with Crippen LogP contribution < -0.4 is 0 Å². The Hall–Kier alpha value is -1.45. The summed E-state index contributed by atoms with van der Waals surface area (Å²) < 4.78 is 59.1. The average molecular weight is 495 g/mol. The minimum absolute atomic E-state index is 0.0454. The highest BCUT2D eigenvalue weighted by molar-refractivity contribution is 7.82. The molecule has 9 heteroatoms. The van der Waals surface area contributed by atoms with Crippen LogP contribution in [-0.4, -0.2) is 57.2 Å². The van der Waals surface area contributed by atoms with Gasteiger partial charge in [-0.1, -0.05) is 33.8 Å². The maximum absolute atomic E-state index is 13.2. The highest BCUT2D eigenvalue weighted by Gasteiger charge is 2.35. The van der Waals surface area contributed by atoms with Crippen molar-refractivity contribution in [2.24, 2.45) is 0 Å². The van der Waals surface area contributed by atoms with Crippen LogP contribution in [0.15, 0.2) is 29.2 Å². The molecule has 2 rings (SSSR count). The zero-order valence-electron chi connectivity index (χ0n) is 21.2. The van der Waals surface area contributed by atoms with Gasteiger partial charge < -0.3 is 4.74 Å². The van der Waals surface area contributed by atoms with Crippen LogP contribution >= 0.6 is 0 Å². The second-order valence-electron chi connectivity index (χ2n) is 7.42. The van der Waals surface area contributed by atoms with Crippen molar-refractivity contribution in [1.82, 2.24) is 9.21 Å². The third-order valence-corrected chi connectivity index (χ3v) is 6.86. The van der Waals surface area contributed by atoms with E-state index in [1.165, 1.54) is 12.1 Å². The number of piperidine rings is 1. The SMILES string of the molecule is CC.CC.CCOC(=O)C(C)N1CCC(N(C(C)C)S(=O)c2cccc(C(F)(F)F)c2)CC1. The molecule has 0 aliphatic carbocycles. The van der Waals surface area contributed by atoms with E-state index in [-0.39, 0.29) is 29.0 Å². The van der Waals surface area contributed by atoms with E-state index in [1.54, 1.807) is 18.2 Å². The van der Waals surface area contributed by atoms with Crippen molar-refractivity contribution < 1.29 is 26.9 Å². The lowest BCUT2D eigenvalue weighted by Crippen LogP contribution is -2.51. The molecule has 0 radical (unpaired) electrons. The Bertz CT molecular complexity index is 721. The largest absolute Gasteiger partial charge is 0.465 e. The van der Waals surface area contributed by atoms with Crippen LogP contribution in [0, 0.1) is 0 Å². The van der Waals surface area contributed by atoms with Gasteiger partial charge in [-0.15, -0.1) is 0 Å². The standard InChI is InChI=1S/C20H29F3N2O3S.2C2H6/c1-5-28-19(26)15(4)24-11-9-17(10-12-24)25(14(2)3)29(27)18-8-6-7-16(13-18)20(21,22)23;2*1-2/h6-8,13-15,17H,5,9-12H2,1-4H3;2*1-2H3. The van der Waals surface area contributed by atoms with Crippen molar-refractivity contribution >= 4 is 17.0 Å². The smallest absolute Gasteiger partial charge is 0.416 e. The Morgan fingerprint density at radius 2 is 1.70 bits per heavy atom. The molecule has 0 N–H and O–H groups in total. The summed E-state index contributed by atoms with van der Waals surface area (Å²) in [6.07, 6.45) is -3.13. The van der Waals surface area contributed by atoms with E-state index < -0.39 is 22.7 Å². The summed E-state index contributed by atoms with van der Waals surface area (Å²) in [5.41, 5.74) is -0.801. The maximum Gasteiger partial charge on any atom is 0.416 e. The molecule has 5 nitrogen and oxygen atoms in total. The number of benzene rings is 1. The van der Waals surface area contributed by atoms with Crippen LogP contribution in [0.4, 0.5) is 13.2 Å². The number of rotatable bonds is 7. The Morgan fingerprint density at radius 1 is 1.15 bits per heavy atom. The van der Waals surface area contributed by atoms with Gasteiger partial charge in [0.1, 0.15) is 17.0 Å². The summed E-state index contributed by atoms with van der Waals surface area (Å²) >= 11 is 0. The van der Waals surface area contributed by atoms with Crippen LogP contribution in [0.5, 0.6) is 0 Å². The average Bonchev–Trinajstić information content (AvgIpc) is 2.81. The Labute approximate surface area is 200 Å². The van der Waals surface area contributed by atoms with Crippen LogP contribution in [0.2, 0.25) is 0 Å². The second-order valence-corrected chi connectivity index (χ2v) is 8.81. The zero-order chi connectivity index (χ0) is 25.8. The van der Waals surface area contributed by atoms with Crippen molar-refractivity contribution in [1.29, 1.82) is 0 Å². The highest BCUT2D eigenvalue weighted by atomic mass is 32.2. The van der Waals surface area contributed by atoms with E-state index in [2.05, 4.69) is 0 Å². The van der Waals surface area contributed by atoms with Gasteiger partial charge >= 0.3 is 12.1 Å². The quantitative estimate of drug-likeness (QED) is 0.443. The van der Waals surface area contributed by atoms with Crippen molar-refractivity contribution in [3.05, 3.63) is 29.8 Å². The number of esters is 1. The predicted molar refractivity (Wildman–Crippen MR) is 128 cm³/mol. The van der Waals surface area contributed by atoms with Crippen molar-refractivity contribution in [2.45, 2.75) is 97.4 Å². The molecule has 0 saturated carbocycles. The molecule has 2 unspecified atom stereocenters. The number of carbonyl (C=O) groups excluding carboxylic acids is 1. The molecule has 0 spiro atoms. The lowest BCUT2D eigenvalue weighted by molar-refractivity contribution is -0.149. The van der Waals surface area contributed by atoms with Gasteiger partial charge in [-0.05, 0) is 58.7 Å². The predicted octanol–water partition coefficient (Wildman–Crippen LogP) is 5.91. The maximum atomic E-state index is 13.2. The molecule has 192 valence electrons. The molecule has 0 amide bonds. The van der Waals surface area contributed by atoms with Gasteiger partial charge in [0.05, 0.1) is 17.1 Å². The molecular weight excluding hydrogens is 453 g/mol. The number of likely N-dealkylation sites (tertiary alicyclic amines) is 1. The Balaban J connectivity index is 0.00000242. The zero-order valence-corrected chi connectivity index (χ0v) is 22.1. The molecule has 1 saturated heterocycles. The van der Waals surface area contributed by atoms with Crippen molar-refractivity contribution in [3.8, 4) is 0 Å². The lowest BCUT2D eigenvalue weighted by atomic mass is 10.0. The first-order valence-corrected chi connectivity index (χ1v) is 12.9. The van der Waals surface area contributed by atoms with Gasteiger partial charge in [0.15, 0.2) is 0 Å². The number of hydrogen-bond donors (Lipinski definition) is 0. The van der Waals surface area contributed by atoms with Crippen LogP contribution in [0.1, 0.15) is 73.8 Å². The third kappa shape index (κ3) is 9.37. The first-order valence-electron chi connectivity index (χ1n) is 11.8. The van der Waals surface area contributed by atoms with Gasteiger partial charge in [-0.3, -0.25) is 9.69 Å². The number of ether oxygens (including phenoxy) is 1. The van der Waals surface area contributed by atoms with E-state index in [4.69, 9.17) is 4.74 Å². The van der Waals surface area contributed by atoms with Gasteiger partial charge in [0, 0.05) is 25.2 Å². The molecule has 0 aromatic heterocycles. The molecule has 1 aromatic carbocycles. The number of nitrogens with zero attached hydrogens (tertiary/aromatic N) is 2. The molecule has 1 heterocycles. The van der Waals surface area contributed by atoms with E-state index in [0.717, 1.165) is 12.1 Å². The number of alkyl halides is 3. The molecule has 1 aliphatic rings. The van der Waals surface area contributed by atoms with E-state index in [1.807, 2.05) is 46.4 Å². The minimum Gasteiger partial charge on any atom is -0.465 e. The number of halogens is 3. The molecule has 2 atom stereocenters. The molecular formula is C24H41F3N2O3S. The second kappa shape index (κ2) is 15.5. The lowest BCUT2D eigenvalue weighted by Gasteiger charge is -2.40. The van der Waals surface area contributed by atoms with Gasteiger partial charge in [-0.25, -0.2) is 8.51 Å². The monoisotopic (exact) mass is 494 g/mol. The fourth-order valence-electron chi connectivity index (χ4n) is 3.59. The third-order valence-electron chi connectivity index (χ3n) is 5.10. The topological polar surface area (TPSA) is 49.9 Å². The molecule has 1 aromatic rings. The molecule has 1 fully saturated rings. The van der Waals surface area contributed by atoms with E-state index >= 15 is 0 Å². The van der Waals surface area contributed by atoms with Crippen LogP contribution in [0.3, 0.4) is 0 Å². The fourth-order valence-corrected chi connectivity index (χ4v) is 5.12. The number of carbonyl (C=O) groups is 1. The normalized spacial score (nSPS) is 16.9. The van der Waals surface area contributed by atoms with Crippen LogP contribution in [-0.2, 0) is 26.7 Å². The first kappa shape index (κ1) is 31.6. The van der Waals surface area contributed by atoms with Gasteiger partial charge in [-0.2, -0.15) is 13.2 Å². The number of hydrogen-bond acceptors (Lipinski definition) is 4. The van der Waals surface area contributed by atoms with E-state index in [0.29, 0.717) is 32.5 Å². The Kier molecular flexibility index (Phi) is 14.8. The summed E-state index contributed by atoms with van der Waals surface area (Å²) in [7, 11) is -1.70. The molecule has 1 aliphatic heterocycles. The van der Waals surface area contributed by atoms with Crippen molar-refractivity contribution in [2.75, 3.05) is 19.7 Å². The molecule has 0 bridgehead atoms. The van der Waals surface area contributed by atoms with Gasteiger partial charge in [0.25, 0.3) is 0 Å². The van der Waals surface area contributed by atoms with Crippen molar-refractivity contribution in [3.63, 3.8) is 0 Å². The fraction of sp³-hybridized carbons (Fsp3) is 0.708. The Morgan fingerprint density at radius 3 is 2.15 bits per heavy atom. The van der Waals surface area contributed by atoms with Crippen LogP contribution in [0.25, 0.3) is 0 Å². The molecule has 33 heavy (non-hydrogen) atoms. The summed E-state index contributed by atoms with van der Waals surface area (Å²) in [6.45, 7) is 16.9. The summed E-state index contributed by atoms with van der Waals surface area (Å²) in [6, 6.07) is 4.20. The highest BCUT2D eigenvalue weighted by Crippen LogP contribution is 2.32. The minimum atomic E-state index is -4.47. The van der Waals surface area contributed by atoms with E-state index in [9.17, 15) is 22.2 Å². The summed E-state index contributed by atoms with van der Waals surface area (Å²) in [5, 5.41) is 0. The first-order chi connectivity index (χ1) is 15.6.